The smallest absolute Gasteiger partial charge is 0.116 e. The van der Waals surface area contributed by atoms with Crippen LogP contribution in [0.3, 0.4) is 0 Å². The van der Waals surface area contributed by atoms with Crippen LogP contribution in [0.5, 0.6) is 11.5 Å². The van der Waals surface area contributed by atoms with Crippen molar-refractivity contribution < 1.29 is 10.2 Å². The summed E-state index contributed by atoms with van der Waals surface area (Å²) in [5.74, 6) is 0.563. The summed E-state index contributed by atoms with van der Waals surface area (Å²) in [6.07, 6.45) is 0. The normalized spacial score (nSPS) is 11.7. The van der Waals surface area contributed by atoms with E-state index >= 15 is 0 Å². The van der Waals surface area contributed by atoms with Crippen molar-refractivity contribution in [1.82, 2.24) is 0 Å². The van der Waals surface area contributed by atoms with E-state index in [1.165, 1.54) is 16.2 Å². The summed E-state index contributed by atoms with van der Waals surface area (Å²) in [4.78, 5) is 0. The topological polar surface area (TPSA) is 40.5 Å². The number of hydrogen-bond acceptors (Lipinski definition) is 2. The van der Waals surface area contributed by atoms with Gasteiger partial charge >= 0.3 is 0 Å². The Labute approximate surface area is 138 Å². The molecule has 0 aliphatic rings. The molecular formula is C22H14O2. The van der Waals surface area contributed by atoms with Crippen LogP contribution in [-0.2, 0) is 0 Å². The number of rotatable bonds is 0. The van der Waals surface area contributed by atoms with E-state index in [1.54, 1.807) is 18.2 Å². The van der Waals surface area contributed by atoms with Gasteiger partial charge in [0.1, 0.15) is 11.5 Å². The Balaban J connectivity index is 1.98. The van der Waals surface area contributed by atoms with E-state index < -0.39 is 0 Å². The van der Waals surface area contributed by atoms with Crippen LogP contribution in [0, 0.1) is 0 Å². The van der Waals surface area contributed by atoms with Gasteiger partial charge in [0.05, 0.1) is 0 Å². The molecule has 0 bridgehead atoms. The second-order valence-electron chi connectivity index (χ2n) is 6.20. The summed E-state index contributed by atoms with van der Waals surface area (Å²) in [6.45, 7) is 0. The highest BCUT2D eigenvalue weighted by Gasteiger charge is 2.08. The second kappa shape index (κ2) is 4.62. The fourth-order valence-electron chi connectivity index (χ4n) is 3.67. The van der Waals surface area contributed by atoms with Crippen LogP contribution >= 0.6 is 0 Å². The zero-order valence-corrected chi connectivity index (χ0v) is 12.8. The van der Waals surface area contributed by atoms with Crippen molar-refractivity contribution in [3.63, 3.8) is 0 Å². The predicted octanol–water partition coefficient (Wildman–Crippen LogP) is 5.71. The van der Waals surface area contributed by atoms with Crippen molar-refractivity contribution in [1.29, 1.82) is 0 Å². The number of benzene rings is 5. The SMILES string of the molecule is Oc1ccc2c(ccc3c2ccc2c4cc(O)ccc4ccc23)c1. The third-order valence-corrected chi connectivity index (χ3v) is 4.80. The molecule has 5 aromatic carbocycles. The van der Waals surface area contributed by atoms with E-state index in [-0.39, 0.29) is 11.5 Å². The third kappa shape index (κ3) is 1.77. The predicted molar refractivity (Wildman–Crippen MR) is 99.8 cm³/mol. The number of aromatic hydroxyl groups is 2. The van der Waals surface area contributed by atoms with E-state index in [2.05, 4.69) is 30.3 Å². The third-order valence-electron chi connectivity index (χ3n) is 4.80. The van der Waals surface area contributed by atoms with E-state index in [0.29, 0.717) is 0 Å². The standard InChI is InChI=1S/C22H14O2/c23-15-5-8-17-14(11-15)3-7-19-18(17)9-10-21-20(19)6-2-13-1-4-16(24)12-22(13)21/h1-12,23-24H. The molecule has 0 amide bonds. The highest BCUT2D eigenvalue weighted by molar-refractivity contribution is 6.22. The first kappa shape index (κ1) is 13.2. The van der Waals surface area contributed by atoms with Gasteiger partial charge in [0, 0.05) is 0 Å². The van der Waals surface area contributed by atoms with Crippen LogP contribution < -0.4 is 0 Å². The van der Waals surface area contributed by atoms with E-state index in [0.717, 1.165) is 26.9 Å². The van der Waals surface area contributed by atoms with Gasteiger partial charge in [0.25, 0.3) is 0 Å². The van der Waals surface area contributed by atoms with Gasteiger partial charge in [0.2, 0.25) is 0 Å². The molecule has 0 saturated carbocycles. The summed E-state index contributed by atoms with van der Waals surface area (Å²) < 4.78 is 0. The maximum absolute atomic E-state index is 9.85. The zero-order valence-electron chi connectivity index (χ0n) is 12.8. The van der Waals surface area contributed by atoms with Gasteiger partial charge in [-0.1, -0.05) is 48.5 Å². The molecule has 2 heteroatoms. The maximum Gasteiger partial charge on any atom is 0.116 e. The average molecular weight is 310 g/mol. The second-order valence-corrected chi connectivity index (χ2v) is 6.20. The molecule has 0 aromatic heterocycles. The molecule has 0 unspecified atom stereocenters. The van der Waals surface area contributed by atoms with E-state index in [1.807, 2.05) is 24.3 Å². The summed E-state index contributed by atoms with van der Waals surface area (Å²) >= 11 is 0. The molecule has 0 aliphatic heterocycles. The lowest BCUT2D eigenvalue weighted by Gasteiger charge is -2.10. The lowest BCUT2D eigenvalue weighted by molar-refractivity contribution is 0.475. The van der Waals surface area contributed by atoms with Gasteiger partial charge in [-0.25, -0.2) is 0 Å². The first-order chi connectivity index (χ1) is 11.7. The van der Waals surface area contributed by atoms with Gasteiger partial charge in [0.15, 0.2) is 0 Å². The van der Waals surface area contributed by atoms with Crippen molar-refractivity contribution in [2.75, 3.05) is 0 Å². The van der Waals surface area contributed by atoms with Gasteiger partial charge in [-0.05, 0) is 67.4 Å². The van der Waals surface area contributed by atoms with Crippen molar-refractivity contribution >= 4 is 43.1 Å². The molecule has 2 nitrogen and oxygen atoms in total. The van der Waals surface area contributed by atoms with Crippen LogP contribution in [0.15, 0.2) is 72.8 Å². The first-order valence-electron chi connectivity index (χ1n) is 7.91. The number of hydrogen-bond donors (Lipinski definition) is 2. The Hall–Kier alpha value is -3.26. The zero-order chi connectivity index (χ0) is 16.3. The highest BCUT2D eigenvalue weighted by atomic mass is 16.3. The fraction of sp³-hybridized carbons (Fsp3) is 0. The van der Waals surface area contributed by atoms with Gasteiger partial charge in [-0.3, -0.25) is 0 Å². The molecule has 0 atom stereocenters. The molecule has 0 fully saturated rings. The quantitative estimate of drug-likeness (QED) is 0.360. The van der Waals surface area contributed by atoms with Crippen molar-refractivity contribution in [3.8, 4) is 11.5 Å². The Morgan fingerprint density at radius 2 is 0.833 bits per heavy atom. The molecule has 0 radical (unpaired) electrons. The molecule has 114 valence electrons. The van der Waals surface area contributed by atoms with Crippen LogP contribution in [0.4, 0.5) is 0 Å². The van der Waals surface area contributed by atoms with Crippen molar-refractivity contribution in [3.05, 3.63) is 72.8 Å². The van der Waals surface area contributed by atoms with Gasteiger partial charge in [-0.15, -0.1) is 0 Å². The molecule has 0 heterocycles. The van der Waals surface area contributed by atoms with Crippen molar-refractivity contribution in [2.24, 2.45) is 0 Å². The Morgan fingerprint density at radius 1 is 0.375 bits per heavy atom. The van der Waals surface area contributed by atoms with Crippen molar-refractivity contribution in [2.45, 2.75) is 0 Å². The molecular weight excluding hydrogens is 296 g/mol. The molecule has 0 spiro atoms. The lowest BCUT2D eigenvalue weighted by Crippen LogP contribution is -1.83. The lowest BCUT2D eigenvalue weighted by atomic mass is 9.94. The Bertz CT molecular complexity index is 1270. The highest BCUT2D eigenvalue weighted by Crippen LogP contribution is 2.36. The minimum absolute atomic E-state index is 0.282. The van der Waals surface area contributed by atoms with Crippen LogP contribution in [-0.4, -0.2) is 10.2 Å². The van der Waals surface area contributed by atoms with Gasteiger partial charge < -0.3 is 10.2 Å². The molecule has 2 N–H and O–H groups in total. The minimum atomic E-state index is 0.282. The molecule has 5 aromatic rings. The summed E-state index contributed by atoms with van der Waals surface area (Å²) in [7, 11) is 0. The molecule has 5 rings (SSSR count). The van der Waals surface area contributed by atoms with Crippen LogP contribution in [0.2, 0.25) is 0 Å². The number of phenolic OH excluding ortho intramolecular Hbond substituents is 2. The largest absolute Gasteiger partial charge is 0.508 e. The summed E-state index contributed by atoms with van der Waals surface area (Å²) in [5.41, 5.74) is 0. The van der Waals surface area contributed by atoms with E-state index in [4.69, 9.17) is 0 Å². The van der Waals surface area contributed by atoms with E-state index in [9.17, 15) is 10.2 Å². The average Bonchev–Trinajstić information content (AvgIpc) is 2.60. The fourth-order valence-corrected chi connectivity index (χ4v) is 3.67. The Morgan fingerprint density at radius 3 is 1.62 bits per heavy atom. The Kier molecular flexibility index (Phi) is 2.54. The summed E-state index contributed by atoms with van der Waals surface area (Å²) in [5, 5.41) is 28.5. The summed E-state index contributed by atoms with van der Waals surface area (Å²) in [6, 6.07) is 23.6. The number of fused-ring (bicyclic) bond motifs is 7. The molecule has 0 aliphatic carbocycles. The monoisotopic (exact) mass is 310 g/mol. The first-order valence-corrected chi connectivity index (χ1v) is 7.91. The minimum Gasteiger partial charge on any atom is -0.508 e. The van der Waals surface area contributed by atoms with Crippen LogP contribution in [0.25, 0.3) is 43.1 Å². The molecule has 24 heavy (non-hydrogen) atoms. The number of phenols is 2. The van der Waals surface area contributed by atoms with Gasteiger partial charge in [-0.2, -0.15) is 0 Å². The maximum atomic E-state index is 9.85. The molecule has 0 saturated heterocycles. The van der Waals surface area contributed by atoms with Crippen LogP contribution in [0.1, 0.15) is 0 Å².